The van der Waals surface area contributed by atoms with Gasteiger partial charge < -0.3 is 10.2 Å². The van der Waals surface area contributed by atoms with E-state index >= 15 is 0 Å². The van der Waals surface area contributed by atoms with Crippen LogP contribution in [0.5, 0.6) is 0 Å². The zero-order valence-corrected chi connectivity index (χ0v) is 13.0. The Balaban J connectivity index is 1.73. The highest BCUT2D eigenvalue weighted by molar-refractivity contribution is 5.94. The molecule has 0 radical (unpaired) electrons. The third kappa shape index (κ3) is 3.01. The average molecular weight is 299 g/mol. The van der Waals surface area contributed by atoms with E-state index in [9.17, 15) is 4.79 Å². The molecular formula is C16H21N5O. The first-order valence-electron chi connectivity index (χ1n) is 7.63. The molecule has 0 saturated carbocycles. The topological polar surface area (TPSA) is 73.9 Å². The number of aromatic nitrogens is 3. The first-order chi connectivity index (χ1) is 10.7. The smallest absolute Gasteiger partial charge is 0.253 e. The zero-order valence-electron chi connectivity index (χ0n) is 13.0. The van der Waals surface area contributed by atoms with Gasteiger partial charge in [0.15, 0.2) is 5.82 Å². The summed E-state index contributed by atoms with van der Waals surface area (Å²) in [6, 6.07) is 7.90. The van der Waals surface area contributed by atoms with Crippen LogP contribution >= 0.6 is 0 Å². The van der Waals surface area contributed by atoms with Gasteiger partial charge in [0.25, 0.3) is 5.91 Å². The van der Waals surface area contributed by atoms with Gasteiger partial charge in [-0.3, -0.25) is 9.89 Å². The number of likely N-dealkylation sites (tertiary alicyclic amines) is 1. The summed E-state index contributed by atoms with van der Waals surface area (Å²) in [5.74, 6) is 1.53. The maximum Gasteiger partial charge on any atom is 0.253 e. The van der Waals surface area contributed by atoms with E-state index in [1.807, 2.05) is 43.1 Å². The fourth-order valence-electron chi connectivity index (χ4n) is 2.81. The van der Waals surface area contributed by atoms with Crippen LogP contribution in [0.15, 0.2) is 24.3 Å². The summed E-state index contributed by atoms with van der Waals surface area (Å²) in [6.07, 6.45) is 2.18. The Kier molecular flexibility index (Phi) is 4.20. The van der Waals surface area contributed by atoms with Crippen molar-refractivity contribution in [3.63, 3.8) is 0 Å². The summed E-state index contributed by atoms with van der Waals surface area (Å²) in [5.41, 5.74) is 1.63. The Morgan fingerprint density at radius 2 is 2.14 bits per heavy atom. The highest BCUT2D eigenvalue weighted by atomic mass is 16.2. The van der Waals surface area contributed by atoms with E-state index in [0.717, 1.165) is 37.3 Å². The summed E-state index contributed by atoms with van der Waals surface area (Å²) in [7, 11) is 1.95. The van der Waals surface area contributed by atoms with Crippen molar-refractivity contribution in [2.24, 2.45) is 0 Å². The maximum atomic E-state index is 12.6. The lowest BCUT2D eigenvalue weighted by Crippen LogP contribution is -2.46. The second kappa shape index (κ2) is 6.27. The van der Waals surface area contributed by atoms with Crippen molar-refractivity contribution in [3.05, 3.63) is 35.7 Å². The van der Waals surface area contributed by atoms with Gasteiger partial charge in [0, 0.05) is 30.3 Å². The second-order valence-corrected chi connectivity index (χ2v) is 5.70. The maximum absolute atomic E-state index is 12.6. The first-order valence-corrected chi connectivity index (χ1v) is 7.63. The number of nitrogens with one attached hydrogen (secondary N) is 2. The zero-order chi connectivity index (χ0) is 15.5. The molecule has 0 aliphatic carbocycles. The van der Waals surface area contributed by atoms with Crippen LogP contribution in [-0.4, -0.2) is 52.2 Å². The van der Waals surface area contributed by atoms with Crippen LogP contribution in [-0.2, 0) is 0 Å². The average Bonchev–Trinajstić information content (AvgIpc) is 3.01. The third-order valence-electron chi connectivity index (χ3n) is 4.10. The molecule has 1 atom stereocenters. The summed E-state index contributed by atoms with van der Waals surface area (Å²) < 4.78 is 0. The monoisotopic (exact) mass is 299 g/mol. The van der Waals surface area contributed by atoms with Crippen LogP contribution in [0.25, 0.3) is 11.4 Å². The van der Waals surface area contributed by atoms with Gasteiger partial charge in [-0.25, -0.2) is 4.98 Å². The largest absolute Gasteiger partial charge is 0.337 e. The van der Waals surface area contributed by atoms with Crippen LogP contribution in [0, 0.1) is 6.92 Å². The van der Waals surface area contributed by atoms with Crippen LogP contribution in [0.1, 0.15) is 29.0 Å². The van der Waals surface area contributed by atoms with Gasteiger partial charge in [0.1, 0.15) is 5.82 Å². The molecule has 1 amide bonds. The van der Waals surface area contributed by atoms with E-state index in [-0.39, 0.29) is 5.91 Å². The molecule has 2 heterocycles. The van der Waals surface area contributed by atoms with E-state index in [1.54, 1.807) is 0 Å². The van der Waals surface area contributed by atoms with Gasteiger partial charge in [0.2, 0.25) is 0 Å². The molecule has 1 aliphatic rings. The van der Waals surface area contributed by atoms with Gasteiger partial charge in [0.05, 0.1) is 0 Å². The number of nitrogens with zero attached hydrogens (tertiary/aromatic N) is 3. The normalized spacial score (nSPS) is 18.5. The fraction of sp³-hybridized carbons (Fsp3) is 0.438. The lowest BCUT2D eigenvalue weighted by Gasteiger charge is -2.32. The van der Waals surface area contributed by atoms with E-state index in [4.69, 9.17) is 0 Å². The Labute approximate surface area is 129 Å². The van der Waals surface area contributed by atoms with Gasteiger partial charge in [-0.2, -0.15) is 5.10 Å². The Bertz CT molecular complexity index is 649. The van der Waals surface area contributed by atoms with E-state index in [2.05, 4.69) is 20.5 Å². The second-order valence-electron chi connectivity index (χ2n) is 5.70. The molecule has 1 fully saturated rings. The summed E-state index contributed by atoms with van der Waals surface area (Å²) in [5, 5.41) is 10.2. The number of hydrogen-bond acceptors (Lipinski definition) is 4. The molecule has 0 spiro atoms. The number of aryl methyl sites for hydroxylation is 1. The summed E-state index contributed by atoms with van der Waals surface area (Å²) in [4.78, 5) is 18.8. The molecule has 0 unspecified atom stereocenters. The number of amides is 1. The number of piperidine rings is 1. The minimum absolute atomic E-state index is 0.0951. The number of benzene rings is 1. The van der Waals surface area contributed by atoms with Crippen molar-refractivity contribution < 1.29 is 4.79 Å². The predicted molar refractivity (Wildman–Crippen MR) is 84.5 cm³/mol. The highest BCUT2D eigenvalue weighted by Gasteiger charge is 2.23. The summed E-state index contributed by atoms with van der Waals surface area (Å²) in [6.45, 7) is 3.47. The van der Waals surface area contributed by atoms with E-state index < -0.39 is 0 Å². The fourth-order valence-corrected chi connectivity index (χ4v) is 2.81. The molecule has 1 aromatic heterocycles. The molecule has 1 aromatic carbocycles. The molecule has 6 heteroatoms. The van der Waals surface area contributed by atoms with E-state index in [1.165, 1.54) is 0 Å². The molecule has 116 valence electrons. The molecule has 22 heavy (non-hydrogen) atoms. The number of likely N-dealkylation sites (N-methyl/N-ethyl adjacent to an activating group) is 1. The quantitative estimate of drug-likeness (QED) is 0.903. The molecule has 3 rings (SSSR count). The third-order valence-corrected chi connectivity index (χ3v) is 4.10. The standard InChI is InChI=1S/C16H21N5O/c1-11-18-15(20-19-11)12-5-7-13(8-6-12)16(22)21-9-3-4-14(10-21)17-2/h5-8,14,17H,3-4,9-10H2,1-2H3,(H,18,19,20)/t14-/m1/s1. The highest BCUT2D eigenvalue weighted by Crippen LogP contribution is 2.18. The van der Waals surface area contributed by atoms with Crippen LogP contribution in [0.4, 0.5) is 0 Å². The van der Waals surface area contributed by atoms with Gasteiger partial charge in [-0.1, -0.05) is 12.1 Å². The SMILES string of the molecule is CN[C@@H]1CCCN(C(=O)c2ccc(-c3n[nH]c(C)n3)cc2)C1. The molecule has 0 bridgehead atoms. The first kappa shape index (κ1) is 14.7. The number of rotatable bonds is 3. The van der Waals surface area contributed by atoms with E-state index in [0.29, 0.717) is 17.4 Å². The molecule has 2 aromatic rings. The van der Waals surface area contributed by atoms with Crippen molar-refractivity contribution in [1.29, 1.82) is 0 Å². The van der Waals surface area contributed by atoms with Gasteiger partial charge >= 0.3 is 0 Å². The predicted octanol–water partition coefficient (Wildman–Crippen LogP) is 1.60. The Morgan fingerprint density at radius 3 is 2.77 bits per heavy atom. The molecule has 6 nitrogen and oxygen atoms in total. The van der Waals surface area contributed by atoms with Crippen molar-refractivity contribution in [1.82, 2.24) is 25.4 Å². The molecule has 1 saturated heterocycles. The molecular weight excluding hydrogens is 278 g/mol. The molecule has 2 N–H and O–H groups in total. The van der Waals surface area contributed by atoms with Gasteiger partial charge in [-0.05, 0) is 38.9 Å². The van der Waals surface area contributed by atoms with Gasteiger partial charge in [-0.15, -0.1) is 0 Å². The van der Waals surface area contributed by atoms with Crippen molar-refractivity contribution in [2.45, 2.75) is 25.8 Å². The number of H-pyrrole nitrogens is 1. The van der Waals surface area contributed by atoms with Crippen LogP contribution in [0.2, 0.25) is 0 Å². The lowest BCUT2D eigenvalue weighted by atomic mass is 10.0. The number of carbonyl (C=O) groups excluding carboxylic acids is 1. The number of hydrogen-bond donors (Lipinski definition) is 2. The minimum Gasteiger partial charge on any atom is -0.337 e. The summed E-state index contributed by atoms with van der Waals surface area (Å²) >= 11 is 0. The van der Waals surface area contributed by atoms with Crippen LogP contribution in [0.3, 0.4) is 0 Å². The number of aromatic amines is 1. The Morgan fingerprint density at radius 1 is 1.36 bits per heavy atom. The van der Waals surface area contributed by atoms with Crippen molar-refractivity contribution >= 4 is 5.91 Å². The molecule has 1 aliphatic heterocycles. The Hall–Kier alpha value is -2.21. The lowest BCUT2D eigenvalue weighted by molar-refractivity contribution is 0.0698. The minimum atomic E-state index is 0.0951. The van der Waals surface area contributed by atoms with Crippen molar-refractivity contribution in [3.8, 4) is 11.4 Å². The van der Waals surface area contributed by atoms with Crippen molar-refractivity contribution in [2.75, 3.05) is 20.1 Å². The van der Waals surface area contributed by atoms with Crippen LogP contribution < -0.4 is 5.32 Å². The number of carbonyl (C=O) groups is 1.